The van der Waals surface area contributed by atoms with Gasteiger partial charge in [0.25, 0.3) is 5.91 Å². The number of nitrogens with zero attached hydrogens (tertiary/aromatic N) is 1. The van der Waals surface area contributed by atoms with Crippen molar-refractivity contribution in [3.63, 3.8) is 0 Å². The molecule has 2 saturated carbocycles. The van der Waals surface area contributed by atoms with Gasteiger partial charge in [0.2, 0.25) is 5.91 Å². The van der Waals surface area contributed by atoms with Crippen LogP contribution in [0.1, 0.15) is 80.1 Å². The van der Waals surface area contributed by atoms with Crippen LogP contribution in [0.15, 0.2) is 0 Å². The van der Waals surface area contributed by atoms with Gasteiger partial charge in [-0.25, -0.2) is 0 Å². The molecule has 10 N–H and O–H groups in total. The first-order valence-electron chi connectivity index (χ1n) is 13.0. The number of carbonyl (C=O) groups is 2. The fraction of sp³-hybridized carbons (Fsp3) is 0.923. The summed E-state index contributed by atoms with van der Waals surface area (Å²) in [6, 6.07) is -0.0623. The van der Waals surface area contributed by atoms with Crippen molar-refractivity contribution in [2.24, 2.45) is 38.9 Å². The molecule has 10 heteroatoms. The largest absolute Gasteiger partial charge is 0.387 e. The Morgan fingerprint density at radius 3 is 1.44 bits per heavy atom. The summed E-state index contributed by atoms with van der Waals surface area (Å²) >= 11 is 0. The molecule has 0 aliphatic heterocycles. The number of aliphatic hydroxyl groups is 4. The second-order valence-corrected chi connectivity index (χ2v) is 14.1. The molecule has 0 aromatic carbocycles. The van der Waals surface area contributed by atoms with E-state index in [-0.39, 0.29) is 33.7 Å². The van der Waals surface area contributed by atoms with Crippen molar-refractivity contribution in [1.29, 1.82) is 0 Å². The third kappa shape index (κ3) is 7.85. The second kappa shape index (κ2) is 10.8. The number of rotatable bonds is 9. The van der Waals surface area contributed by atoms with Gasteiger partial charge in [0, 0.05) is 25.2 Å². The molecule has 0 aromatic rings. The number of amides is 2. The highest BCUT2D eigenvalue weighted by molar-refractivity contribution is 5.82. The molecule has 0 radical (unpaired) electrons. The molecule has 0 aromatic heterocycles. The van der Waals surface area contributed by atoms with Gasteiger partial charge >= 0.3 is 0 Å². The Labute approximate surface area is 215 Å². The molecule has 4 unspecified atom stereocenters. The third-order valence-corrected chi connectivity index (χ3v) is 7.95. The first kappa shape index (κ1) is 30.9. The van der Waals surface area contributed by atoms with E-state index in [2.05, 4.69) is 41.5 Å². The van der Waals surface area contributed by atoms with Crippen LogP contribution in [0.3, 0.4) is 0 Å². The minimum absolute atomic E-state index is 0.0276. The highest BCUT2D eigenvalue weighted by Crippen LogP contribution is 2.48. The Kier molecular flexibility index (Phi) is 9.30. The highest BCUT2D eigenvalue weighted by Gasteiger charge is 2.47. The van der Waals surface area contributed by atoms with E-state index in [1.807, 2.05) is 0 Å². The van der Waals surface area contributed by atoms with Gasteiger partial charge in [-0.05, 0) is 60.2 Å². The van der Waals surface area contributed by atoms with E-state index in [9.17, 15) is 30.0 Å². The summed E-state index contributed by atoms with van der Waals surface area (Å²) in [5.74, 6) is -2.05. The van der Waals surface area contributed by atoms with Crippen LogP contribution >= 0.6 is 0 Å². The fourth-order valence-corrected chi connectivity index (χ4v) is 7.68. The van der Waals surface area contributed by atoms with Gasteiger partial charge in [0.05, 0.1) is 0 Å². The minimum atomic E-state index is -2.12. The van der Waals surface area contributed by atoms with Crippen LogP contribution in [0.25, 0.3) is 0 Å². The van der Waals surface area contributed by atoms with Crippen LogP contribution in [0.2, 0.25) is 0 Å². The van der Waals surface area contributed by atoms with Crippen molar-refractivity contribution < 1.29 is 30.0 Å². The SMILES string of the molecule is CC1(C)CC(N)CC(C)(CN(CC2(C)CC(N)CC(C)(C)C2)C(=O)[C@H](O)[C@@H](O)[C@H](O)[C@H](O)C(N)=O)C1. The maximum absolute atomic E-state index is 13.6. The number of aliphatic hydroxyl groups excluding tert-OH is 4. The van der Waals surface area contributed by atoms with Crippen molar-refractivity contribution in [2.45, 2.75) is 117 Å². The summed E-state index contributed by atoms with van der Waals surface area (Å²) in [7, 11) is 0. The van der Waals surface area contributed by atoms with E-state index >= 15 is 0 Å². The number of hydrogen-bond acceptors (Lipinski definition) is 8. The average Bonchev–Trinajstić information content (AvgIpc) is 2.66. The predicted molar refractivity (Wildman–Crippen MR) is 137 cm³/mol. The average molecular weight is 515 g/mol. The maximum Gasteiger partial charge on any atom is 0.254 e. The molecular formula is C26H50N4O6. The lowest BCUT2D eigenvalue weighted by molar-refractivity contribution is -0.164. The van der Waals surface area contributed by atoms with Crippen LogP contribution in [0, 0.1) is 21.7 Å². The first-order valence-corrected chi connectivity index (χ1v) is 13.0. The molecule has 2 rings (SSSR count). The molecular weight excluding hydrogens is 464 g/mol. The first-order chi connectivity index (χ1) is 16.2. The zero-order valence-electron chi connectivity index (χ0n) is 22.9. The summed E-state index contributed by atoms with van der Waals surface area (Å²) < 4.78 is 0. The number of hydrogen-bond donors (Lipinski definition) is 7. The summed E-state index contributed by atoms with van der Waals surface area (Å²) in [5.41, 5.74) is 17.1. The molecule has 0 saturated heterocycles. The molecule has 210 valence electrons. The Balaban J connectivity index is 2.37. The summed E-state index contributed by atoms with van der Waals surface area (Å²) in [6.07, 6.45) is -3.62. The monoisotopic (exact) mass is 514 g/mol. The molecule has 0 bridgehead atoms. The quantitative estimate of drug-likeness (QED) is 0.220. The van der Waals surface area contributed by atoms with E-state index in [0.29, 0.717) is 25.9 Å². The van der Waals surface area contributed by atoms with Crippen molar-refractivity contribution in [3.8, 4) is 0 Å². The molecule has 0 spiro atoms. The van der Waals surface area contributed by atoms with E-state index in [1.54, 1.807) is 4.90 Å². The Morgan fingerprint density at radius 1 is 0.750 bits per heavy atom. The lowest BCUT2D eigenvalue weighted by Crippen LogP contribution is -2.58. The molecule has 10 nitrogen and oxygen atoms in total. The molecule has 0 heterocycles. The Morgan fingerprint density at radius 2 is 1.11 bits per heavy atom. The van der Waals surface area contributed by atoms with Crippen LogP contribution in [0.5, 0.6) is 0 Å². The van der Waals surface area contributed by atoms with Crippen molar-refractivity contribution in [2.75, 3.05) is 13.1 Å². The van der Waals surface area contributed by atoms with Gasteiger partial charge in [-0.3, -0.25) is 9.59 Å². The number of primary amides is 1. The summed E-state index contributed by atoms with van der Waals surface area (Å²) in [6.45, 7) is 13.4. The van der Waals surface area contributed by atoms with Crippen LogP contribution < -0.4 is 17.2 Å². The lowest BCUT2D eigenvalue weighted by Gasteiger charge is -2.51. The topological polar surface area (TPSA) is 196 Å². The van der Waals surface area contributed by atoms with Crippen LogP contribution in [-0.4, -0.2) is 86.7 Å². The molecule has 2 amide bonds. The number of nitrogens with two attached hydrogens (primary N) is 3. The smallest absolute Gasteiger partial charge is 0.254 e. The van der Waals surface area contributed by atoms with Crippen LogP contribution in [0.4, 0.5) is 0 Å². The highest BCUT2D eigenvalue weighted by atomic mass is 16.4. The fourth-order valence-electron chi connectivity index (χ4n) is 7.68. The van der Waals surface area contributed by atoms with Gasteiger partial charge in [-0.1, -0.05) is 41.5 Å². The third-order valence-electron chi connectivity index (χ3n) is 7.95. The lowest BCUT2D eigenvalue weighted by atomic mass is 9.61. The van der Waals surface area contributed by atoms with Gasteiger partial charge in [0.1, 0.15) is 12.2 Å². The van der Waals surface area contributed by atoms with Gasteiger partial charge in [-0.15, -0.1) is 0 Å². The summed E-state index contributed by atoms with van der Waals surface area (Å²) in [4.78, 5) is 26.5. The maximum atomic E-state index is 13.6. The van der Waals surface area contributed by atoms with E-state index in [0.717, 1.165) is 25.7 Å². The predicted octanol–water partition coefficient (Wildman–Crippen LogP) is -0.169. The summed E-state index contributed by atoms with van der Waals surface area (Å²) in [5, 5.41) is 41.1. The van der Waals surface area contributed by atoms with Crippen molar-refractivity contribution >= 4 is 11.8 Å². The molecule has 36 heavy (non-hydrogen) atoms. The zero-order valence-corrected chi connectivity index (χ0v) is 22.9. The molecule has 2 fully saturated rings. The van der Waals surface area contributed by atoms with E-state index in [1.165, 1.54) is 0 Å². The normalized spacial score (nSPS) is 35.3. The van der Waals surface area contributed by atoms with Gasteiger partial charge < -0.3 is 42.5 Å². The molecule has 2 aliphatic carbocycles. The van der Waals surface area contributed by atoms with E-state index in [4.69, 9.17) is 17.2 Å². The van der Waals surface area contributed by atoms with E-state index < -0.39 is 36.2 Å². The molecule has 2 aliphatic rings. The van der Waals surface area contributed by atoms with Gasteiger partial charge in [0.15, 0.2) is 12.2 Å². The number of carbonyl (C=O) groups excluding carboxylic acids is 2. The molecule has 8 atom stereocenters. The minimum Gasteiger partial charge on any atom is -0.387 e. The Hall–Kier alpha value is -1.30. The van der Waals surface area contributed by atoms with Crippen molar-refractivity contribution in [3.05, 3.63) is 0 Å². The zero-order chi connectivity index (χ0) is 27.9. The standard InChI is InChI=1S/C26H50N4O6/c1-23(2)7-15(27)9-25(5,11-23)13-30(14-26(6)10-16(28)8-24(3,4)12-26)22(36)20(34)18(32)17(31)19(33)21(29)35/h15-20,31-34H,7-14,27-28H2,1-6H3,(H2,29,35)/t15?,16?,17-,18-,19-,20+,25?,26?/m0/s1. The van der Waals surface area contributed by atoms with Gasteiger partial charge in [-0.2, -0.15) is 0 Å². The van der Waals surface area contributed by atoms with Crippen molar-refractivity contribution in [1.82, 2.24) is 4.90 Å². The Bertz CT molecular complexity index is 767. The second-order valence-electron chi connectivity index (χ2n) is 14.1. The van der Waals surface area contributed by atoms with Crippen LogP contribution in [-0.2, 0) is 9.59 Å².